The Balaban J connectivity index is 2.18. The molecule has 0 bridgehead atoms. The van der Waals surface area contributed by atoms with Crippen molar-refractivity contribution in [1.29, 1.82) is 0 Å². The molecule has 0 heterocycles. The first-order valence-electron chi connectivity index (χ1n) is 8.58. The van der Waals surface area contributed by atoms with Gasteiger partial charge in [-0.1, -0.05) is 49.4 Å². The largest absolute Gasteiger partial charge is 0.459 e. The van der Waals surface area contributed by atoms with Crippen LogP contribution in [0, 0.1) is 5.82 Å². The SMILES string of the molecule is CCc1ccc(CNC(C(=O)OC(C)(C)C)c2ccccc2)c(F)c1. The van der Waals surface area contributed by atoms with Crippen LogP contribution in [0.4, 0.5) is 4.39 Å². The van der Waals surface area contributed by atoms with E-state index in [0.717, 1.165) is 17.5 Å². The maximum atomic E-state index is 14.2. The molecule has 0 saturated heterocycles. The van der Waals surface area contributed by atoms with E-state index in [-0.39, 0.29) is 18.3 Å². The summed E-state index contributed by atoms with van der Waals surface area (Å²) in [6.07, 6.45) is 0.787. The zero-order valence-corrected chi connectivity index (χ0v) is 15.3. The molecular weight excluding hydrogens is 317 g/mol. The number of rotatable bonds is 6. The molecule has 1 unspecified atom stereocenters. The minimum absolute atomic E-state index is 0.245. The van der Waals surface area contributed by atoms with Crippen molar-refractivity contribution in [2.24, 2.45) is 0 Å². The van der Waals surface area contributed by atoms with Gasteiger partial charge >= 0.3 is 5.97 Å². The lowest BCUT2D eigenvalue weighted by Gasteiger charge is -2.25. The second-order valence-corrected chi connectivity index (χ2v) is 7.04. The molecule has 4 heteroatoms. The van der Waals surface area contributed by atoms with E-state index in [2.05, 4.69) is 5.32 Å². The van der Waals surface area contributed by atoms with Gasteiger partial charge in [-0.15, -0.1) is 0 Å². The van der Waals surface area contributed by atoms with Crippen molar-refractivity contribution >= 4 is 5.97 Å². The zero-order valence-electron chi connectivity index (χ0n) is 15.3. The highest BCUT2D eigenvalue weighted by Gasteiger charge is 2.26. The molecule has 0 aliphatic carbocycles. The van der Waals surface area contributed by atoms with E-state index in [1.165, 1.54) is 0 Å². The molecule has 134 valence electrons. The average molecular weight is 343 g/mol. The molecule has 0 radical (unpaired) electrons. The molecule has 2 rings (SSSR count). The third-order valence-electron chi connectivity index (χ3n) is 3.80. The van der Waals surface area contributed by atoms with E-state index in [0.29, 0.717) is 5.56 Å². The molecule has 2 aromatic carbocycles. The fourth-order valence-corrected chi connectivity index (χ4v) is 2.51. The molecule has 0 amide bonds. The van der Waals surface area contributed by atoms with E-state index in [1.54, 1.807) is 12.1 Å². The van der Waals surface area contributed by atoms with Gasteiger partial charge in [0, 0.05) is 12.1 Å². The first-order valence-corrected chi connectivity index (χ1v) is 8.58. The Morgan fingerprint density at radius 2 is 1.84 bits per heavy atom. The van der Waals surface area contributed by atoms with Gasteiger partial charge < -0.3 is 4.74 Å². The Labute approximate surface area is 149 Å². The Kier molecular flexibility index (Phi) is 6.32. The predicted octanol–water partition coefficient (Wildman–Crippen LogP) is 4.56. The van der Waals surface area contributed by atoms with Crippen LogP contribution in [-0.4, -0.2) is 11.6 Å². The van der Waals surface area contributed by atoms with E-state index in [1.807, 2.05) is 64.1 Å². The lowest BCUT2D eigenvalue weighted by atomic mass is 10.0. The van der Waals surface area contributed by atoms with Crippen molar-refractivity contribution in [1.82, 2.24) is 5.32 Å². The Bertz CT molecular complexity index is 708. The predicted molar refractivity (Wildman–Crippen MR) is 97.6 cm³/mol. The molecule has 3 nitrogen and oxygen atoms in total. The summed E-state index contributed by atoms with van der Waals surface area (Å²) in [6.45, 7) is 7.72. The number of aryl methyl sites for hydroxylation is 1. The third-order valence-corrected chi connectivity index (χ3v) is 3.80. The summed E-state index contributed by atoms with van der Waals surface area (Å²) in [5.41, 5.74) is 1.69. The van der Waals surface area contributed by atoms with Gasteiger partial charge in [0.1, 0.15) is 17.5 Å². The van der Waals surface area contributed by atoms with Crippen LogP contribution in [0.2, 0.25) is 0 Å². The van der Waals surface area contributed by atoms with Crippen LogP contribution in [0.3, 0.4) is 0 Å². The van der Waals surface area contributed by atoms with E-state index >= 15 is 0 Å². The van der Waals surface area contributed by atoms with Crippen LogP contribution in [0.25, 0.3) is 0 Å². The van der Waals surface area contributed by atoms with Crippen LogP contribution in [-0.2, 0) is 22.5 Å². The van der Waals surface area contributed by atoms with Gasteiger partial charge in [-0.25, -0.2) is 9.18 Å². The second-order valence-electron chi connectivity index (χ2n) is 7.04. The van der Waals surface area contributed by atoms with Crippen LogP contribution < -0.4 is 5.32 Å². The van der Waals surface area contributed by atoms with Crippen LogP contribution in [0.5, 0.6) is 0 Å². The van der Waals surface area contributed by atoms with Crippen LogP contribution in [0.1, 0.15) is 50.4 Å². The summed E-state index contributed by atoms with van der Waals surface area (Å²) in [4.78, 5) is 12.6. The summed E-state index contributed by atoms with van der Waals surface area (Å²) in [7, 11) is 0. The molecule has 0 fully saturated rings. The summed E-state index contributed by atoms with van der Waals surface area (Å²) >= 11 is 0. The molecule has 2 aromatic rings. The first kappa shape index (κ1) is 19.1. The number of hydrogen-bond acceptors (Lipinski definition) is 3. The van der Waals surface area contributed by atoms with E-state index < -0.39 is 11.6 Å². The monoisotopic (exact) mass is 343 g/mol. The minimum Gasteiger partial charge on any atom is -0.459 e. The number of hydrogen-bond donors (Lipinski definition) is 1. The Hall–Kier alpha value is -2.20. The Morgan fingerprint density at radius 1 is 1.16 bits per heavy atom. The summed E-state index contributed by atoms with van der Waals surface area (Å²) < 4.78 is 19.7. The van der Waals surface area contributed by atoms with Crippen LogP contribution >= 0.6 is 0 Å². The van der Waals surface area contributed by atoms with Crippen molar-refractivity contribution in [3.8, 4) is 0 Å². The van der Waals surface area contributed by atoms with Crippen molar-refractivity contribution in [3.63, 3.8) is 0 Å². The summed E-state index contributed by atoms with van der Waals surface area (Å²) in [5, 5.41) is 3.14. The third kappa shape index (κ3) is 5.68. The number of carbonyl (C=O) groups is 1. The average Bonchev–Trinajstić information content (AvgIpc) is 2.55. The molecule has 1 atom stereocenters. The molecule has 0 saturated carbocycles. The van der Waals surface area contributed by atoms with Crippen molar-refractivity contribution in [2.45, 2.75) is 52.3 Å². The molecular formula is C21H26FNO2. The maximum Gasteiger partial charge on any atom is 0.328 e. The van der Waals surface area contributed by atoms with E-state index in [4.69, 9.17) is 4.74 Å². The summed E-state index contributed by atoms with van der Waals surface area (Å²) in [5.74, 6) is -0.632. The summed E-state index contributed by atoms with van der Waals surface area (Å²) in [6, 6.07) is 13.9. The standard InChI is InChI=1S/C21H26FNO2/c1-5-15-11-12-17(18(22)13-15)14-23-19(16-9-7-6-8-10-16)20(24)25-21(2,3)4/h6-13,19,23H,5,14H2,1-4H3. The topological polar surface area (TPSA) is 38.3 Å². The lowest BCUT2D eigenvalue weighted by molar-refractivity contribution is -0.157. The number of esters is 1. The molecule has 0 aliphatic heterocycles. The number of halogens is 1. The van der Waals surface area contributed by atoms with Gasteiger partial charge in [-0.2, -0.15) is 0 Å². The maximum absolute atomic E-state index is 14.2. The van der Waals surface area contributed by atoms with Crippen molar-refractivity contribution < 1.29 is 13.9 Å². The van der Waals surface area contributed by atoms with Gasteiger partial charge in [0.2, 0.25) is 0 Å². The highest BCUT2D eigenvalue weighted by atomic mass is 19.1. The lowest BCUT2D eigenvalue weighted by Crippen LogP contribution is -2.35. The fraction of sp³-hybridized carbons (Fsp3) is 0.381. The van der Waals surface area contributed by atoms with Gasteiger partial charge in [-0.05, 0) is 44.4 Å². The molecule has 0 spiro atoms. The molecule has 0 aromatic heterocycles. The van der Waals surface area contributed by atoms with Crippen molar-refractivity contribution in [2.75, 3.05) is 0 Å². The highest BCUT2D eigenvalue weighted by molar-refractivity contribution is 5.78. The Morgan fingerprint density at radius 3 is 2.40 bits per heavy atom. The van der Waals surface area contributed by atoms with E-state index in [9.17, 15) is 9.18 Å². The normalized spacial score (nSPS) is 12.7. The van der Waals surface area contributed by atoms with Gasteiger partial charge in [0.15, 0.2) is 0 Å². The minimum atomic E-state index is -0.648. The first-order chi connectivity index (χ1) is 11.8. The molecule has 0 aliphatic rings. The van der Waals surface area contributed by atoms with Crippen molar-refractivity contribution in [3.05, 3.63) is 71.0 Å². The molecule has 1 N–H and O–H groups in total. The second kappa shape index (κ2) is 8.26. The number of carbonyl (C=O) groups excluding carboxylic acids is 1. The highest BCUT2D eigenvalue weighted by Crippen LogP contribution is 2.20. The fourth-order valence-electron chi connectivity index (χ4n) is 2.51. The quantitative estimate of drug-likeness (QED) is 0.781. The number of benzene rings is 2. The smallest absolute Gasteiger partial charge is 0.328 e. The van der Waals surface area contributed by atoms with Crippen LogP contribution in [0.15, 0.2) is 48.5 Å². The van der Waals surface area contributed by atoms with Gasteiger partial charge in [-0.3, -0.25) is 5.32 Å². The number of ether oxygens (including phenoxy) is 1. The van der Waals surface area contributed by atoms with Gasteiger partial charge in [0.05, 0.1) is 0 Å². The molecule has 25 heavy (non-hydrogen) atoms. The zero-order chi connectivity index (χ0) is 18.4. The van der Waals surface area contributed by atoms with Gasteiger partial charge in [0.25, 0.3) is 0 Å². The number of nitrogens with one attached hydrogen (secondary N) is 1.